The van der Waals surface area contributed by atoms with Gasteiger partial charge in [-0.25, -0.2) is 4.79 Å². The quantitative estimate of drug-likeness (QED) is 0.561. The van der Waals surface area contributed by atoms with E-state index in [1.54, 1.807) is 5.01 Å². The average molecular weight is 484 g/mol. The van der Waals surface area contributed by atoms with Crippen LogP contribution in [0.15, 0.2) is 36.7 Å². The van der Waals surface area contributed by atoms with E-state index in [-0.39, 0.29) is 23.8 Å². The van der Waals surface area contributed by atoms with Gasteiger partial charge in [0.1, 0.15) is 23.7 Å². The number of fused-ring (bicyclic) bond motifs is 3. The van der Waals surface area contributed by atoms with Crippen molar-refractivity contribution in [2.45, 2.75) is 65.5 Å². The number of amides is 2. The van der Waals surface area contributed by atoms with E-state index in [1.165, 1.54) is 0 Å². The summed E-state index contributed by atoms with van der Waals surface area (Å²) in [5, 5.41) is 4.67. The second kappa shape index (κ2) is 10.2. The van der Waals surface area contributed by atoms with E-state index in [9.17, 15) is 9.59 Å². The summed E-state index contributed by atoms with van der Waals surface area (Å²) in [4.78, 5) is 24.4. The Labute approximate surface area is 207 Å². The van der Waals surface area contributed by atoms with Crippen molar-refractivity contribution in [2.75, 3.05) is 13.2 Å². The van der Waals surface area contributed by atoms with Gasteiger partial charge in [-0.05, 0) is 63.7 Å². The van der Waals surface area contributed by atoms with E-state index in [1.807, 2.05) is 51.4 Å². The van der Waals surface area contributed by atoms with Crippen LogP contribution in [0.1, 0.15) is 59.4 Å². The molecule has 0 aromatic heterocycles. The smallest absolute Gasteiger partial charge is 0.407 e. The molecule has 35 heavy (non-hydrogen) atoms. The third-order valence-corrected chi connectivity index (χ3v) is 5.95. The van der Waals surface area contributed by atoms with Crippen LogP contribution in [0.25, 0.3) is 5.57 Å². The predicted molar refractivity (Wildman–Crippen MR) is 133 cm³/mol. The fourth-order valence-electron chi connectivity index (χ4n) is 4.18. The molecule has 0 saturated heterocycles. The highest BCUT2D eigenvalue weighted by Gasteiger charge is 2.32. The minimum atomic E-state index is -0.555. The van der Waals surface area contributed by atoms with Crippen LogP contribution in [0, 0.1) is 17.8 Å². The highest BCUT2D eigenvalue weighted by atomic mass is 16.6. The molecule has 8 heteroatoms. The molecular formula is C27H37N3O5. The van der Waals surface area contributed by atoms with Crippen LogP contribution in [0.3, 0.4) is 0 Å². The minimum Gasteiger partial charge on any atom is -0.492 e. The first-order valence-corrected chi connectivity index (χ1v) is 12.5. The first-order chi connectivity index (χ1) is 16.6. The van der Waals surface area contributed by atoms with Crippen molar-refractivity contribution < 1.29 is 23.8 Å². The van der Waals surface area contributed by atoms with Gasteiger partial charge in [0.05, 0.1) is 12.6 Å². The topological polar surface area (TPSA) is 89.1 Å². The maximum absolute atomic E-state index is 12.3. The van der Waals surface area contributed by atoms with Crippen LogP contribution in [-0.2, 0) is 9.53 Å². The zero-order chi connectivity index (χ0) is 25.2. The summed E-state index contributed by atoms with van der Waals surface area (Å²) >= 11 is 0. The molecule has 1 aliphatic carbocycles. The first kappa shape index (κ1) is 24.9. The Morgan fingerprint density at radius 2 is 2.00 bits per heavy atom. The van der Waals surface area contributed by atoms with Crippen molar-refractivity contribution in [1.29, 1.82) is 0 Å². The molecule has 4 rings (SSSR count). The molecule has 1 saturated carbocycles. The summed E-state index contributed by atoms with van der Waals surface area (Å²) < 4.78 is 17.5. The molecule has 1 aromatic carbocycles. The molecule has 3 aliphatic rings. The van der Waals surface area contributed by atoms with Crippen LogP contribution in [0.4, 0.5) is 4.79 Å². The molecule has 2 aliphatic heterocycles. The predicted octanol–water partition coefficient (Wildman–Crippen LogP) is 4.62. The normalized spacial score (nSPS) is 19.7. The number of hydrogen-bond acceptors (Lipinski definition) is 6. The molecule has 2 atom stereocenters. The molecule has 0 spiro atoms. The molecule has 190 valence electrons. The van der Waals surface area contributed by atoms with Gasteiger partial charge in [0, 0.05) is 35.9 Å². The van der Waals surface area contributed by atoms with Gasteiger partial charge >= 0.3 is 6.09 Å². The molecule has 1 fully saturated rings. The Balaban J connectivity index is 1.41. The van der Waals surface area contributed by atoms with Gasteiger partial charge in [-0.15, -0.1) is 0 Å². The number of benzene rings is 1. The lowest BCUT2D eigenvalue weighted by molar-refractivity contribution is -0.125. The zero-order valence-corrected chi connectivity index (χ0v) is 21.3. The molecule has 2 N–H and O–H groups in total. The fraction of sp³-hybridized carbons (Fsp3) is 0.556. The van der Waals surface area contributed by atoms with E-state index in [4.69, 9.17) is 14.2 Å². The van der Waals surface area contributed by atoms with Crippen molar-refractivity contribution in [2.24, 2.45) is 17.8 Å². The Bertz CT molecular complexity index is 1010. The van der Waals surface area contributed by atoms with Crippen molar-refractivity contribution in [3.8, 4) is 11.5 Å². The molecule has 0 radical (unpaired) electrons. The number of nitrogens with zero attached hydrogens (tertiary/aromatic N) is 1. The van der Waals surface area contributed by atoms with Gasteiger partial charge < -0.3 is 19.5 Å². The van der Waals surface area contributed by atoms with Gasteiger partial charge in [0.2, 0.25) is 5.91 Å². The highest BCUT2D eigenvalue weighted by Crippen LogP contribution is 2.40. The van der Waals surface area contributed by atoms with Gasteiger partial charge in [-0.1, -0.05) is 19.9 Å². The summed E-state index contributed by atoms with van der Waals surface area (Å²) in [6.45, 7) is 10.6. The zero-order valence-electron chi connectivity index (χ0n) is 21.3. The monoisotopic (exact) mass is 483 g/mol. The number of nitrogens with one attached hydrogen (secondary N) is 2. The van der Waals surface area contributed by atoms with Crippen molar-refractivity contribution in [1.82, 2.24) is 15.8 Å². The van der Waals surface area contributed by atoms with Crippen LogP contribution < -0.4 is 20.2 Å². The fourth-order valence-corrected chi connectivity index (χ4v) is 4.18. The largest absolute Gasteiger partial charge is 0.492 e. The second-order valence-corrected chi connectivity index (χ2v) is 10.9. The van der Waals surface area contributed by atoms with Gasteiger partial charge in [0.15, 0.2) is 0 Å². The third kappa shape index (κ3) is 6.93. The molecule has 8 nitrogen and oxygen atoms in total. The van der Waals surface area contributed by atoms with Gasteiger partial charge in [-0.3, -0.25) is 15.2 Å². The molecule has 1 aromatic rings. The standard InChI is InChI=1S/C27H37N3O5/c1-17(2)12-20(28-26(32)35-27(3,4)5)16-33-21-8-9-22-23-14-30(29-25(31)18-6-7-18)11-10-19(23)15-34-24(22)13-21/h8-11,13-14,17-20H,6-7,12,15-16H2,1-5H3,(H,28,32)(H,29,31)/t19?,20-/m0/s1. The summed E-state index contributed by atoms with van der Waals surface area (Å²) in [5.41, 5.74) is 4.48. The molecular weight excluding hydrogens is 446 g/mol. The Morgan fingerprint density at radius 3 is 2.69 bits per heavy atom. The molecule has 1 unspecified atom stereocenters. The number of hydrazine groups is 1. The van der Waals surface area contributed by atoms with Crippen LogP contribution in [0.2, 0.25) is 0 Å². The van der Waals surface area contributed by atoms with E-state index in [0.29, 0.717) is 24.9 Å². The highest BCUT2D eigenvalue weighted by molar-refractivity contribution is 5.81. The second-order valence-electron chi connectivity index (χ2n) is 10.9. The third-order valence-electron chi connectivity index (χ3n) is 5.95. The SMILES string of the molecule is CC(C)C[C@@H](COc1ccc2c(c1)OCC1C=CN(NC(=O)C3CC3)C=C21)NC(=O)OC(C)(C)C. The average Bonchev–Trinajstić information content (AvgIpc) is 3.61. The van der Waals surface area contributed by atoms with E-state index in [2.05, 4.69) is 30.7 Å². The lowest BCUT2D eigenvalue weighted by atomic mass is 9.89. The maximum atomic E-state index is 12.3. The summed E-state index contributed by atoms with van der Waals surface area (Å²) in [6, 6.07) is 5.61. The van der Waals surface area contributed by atoms with Crippen LogP contribution >= 0.6 is 0 Å². The van der Waals surface area contributed by atoms with Gasteiger partial charge in [0.25, 0.3) is 0 Å². The van der Waals surface area contributed by atoms with E-state index >= 15 is 0 Å². The number of carbonyl (C=O) groups excluding carboxylic acids is 2. The van der Waals surface area contributed by atoms with Crippen LogP contribution in [-0.4, -0.2) is 41.9 Å². The lowest BCUT2D eigenvalue weighted by Gasteiger charge is -2.32. The molecule has 2 amide bonds. The number of alkyl carbamates (subject to hydrolysis) is 1. The summed E-state index contributed by atoms with van der Waals surface area (Å²) in [7, 11) is 0. The Hall–Kier alpha value is -3.16. The van der Waals surface area contributed by atoms with E-state index in [0.717, 1.165) is 36.1 Å². The van der Waals surface area contributed by atoms with Crippen molar-refractivity contribution in [3.05, 3.63) is 42.2 Å². The lowest BCUT2D eigenvalue weighted by Crippen LogP contribution is -2.42. The number of ether oxygens (including phenoxy) is 3. The minimum absolute atomic E-state index is 0.0666. The Kier molecular flexibility index (Phi) is 7.28. The first-order valence-electron chi connectivity index (χ1n) is 12.5. The van der Waals surface area contributed by atoms with Crippen molar-refractivity contribution in [3.63, 3.8) is 0 Å². The van der Waals surface area contributed by atoms with Crippen molar-refractivity contribution >= 4 is 17.6 Å². The maximum Gasteiger partial charge on any atom is 0.407 e. The molecule has 2 heterocycles. The van der Waals surface area contributed by atoms with E-state index < -0.39 is 11.7 Å². The number of carbonyl (C=O) groups is 2. The summed E-state index contributed by atoms with van der Waals surface area (Å²) in [6.07, 6.45) is 8.16. The van der Waals surface area contributed by atoms with Gasteiger partial charge in [-0.2, -0.15) is 0 Å². The Morgan fingerprint density at radius 1 is 1.23 bits per heavy atom. The molecule has 0 bridgehead atoms. The van der Waals surface area contributed by atoms with Crippen LogP contribution in [0.5, 0.6) is 11.5 Å². The number of hydrogen-bond donors (Lipinski definition) is 2. The summed E-state index contributed by atoms with van der Waals surface area (Å²) in [5.74, 6) is 2.15. The number of rotatable bonds is 8.